The van der Waals surface area contributed by atoms with Gasteiger partial charge in [0.1, 0.15) is 12.3 Å². The molecule has 0 saturated carbocycles. The molecule has 0 spiro atoms. The van der Waals surface area contributed by atoms with Crippen molar-refractivity contribution < 1.29 is 18.8 Å². The van der Waals surface area contributed by atoms with Crippen molar-refractivity contribution in [2.75, 3.05) is 6.54 Å². The fourth-order valence-corrected chi connectivity index (χ4v) is 1.84. The van der Waals surface area contributed by atoms with Gasteiger partial charge in [-0.2, -0.15) is 0 Å². The van der Waals surface area contributed by atoms with E-state index < -0.39 is 0 Å². The van der Waals surface area contributed by atoms with Crippen LogP contribution in [0.2, 0.25) is 0 Å². The Morgan fingerprint density at radius 1 is 1.44 bits per heavy atom. The first-order chi connectivity index (χ1) is 8.58. The highest BCUT2D eigenvalue weighted by Crippen LogP contribution is 2.13. The number of nitrogens with one attached hydrogen (secondary N) is 1. The smallest absolute Gasteiger partial charge is 0.240 e. The molecular weight excluding hydrogens is 236 g/mol. The Morgan fingerprint density at radius 2 is 2.11 bits per heavy atom. The zero-order valence-electron chi connectivity index (χ0n) is 10.0. The molecule has 2 rings (SSSR count). The molecule has 1 N–H and O–H groups in total. The van der Waals surface area contributed by atoms with E-state index in [1.165, 1.54) is 6.26 Å². The lowest BCUT2D eigenvalue weighted by atomic mass is 10.2. The third-order valence-corrected chi connectivity index (χ3v) is 2.80. The minimum Gasteiger partial charge on any atom is -0.467 e. The highest BCUT2D eigenvalue weighted by atomic mass is 16.3. The molecule has 1 aromatic heterocycles. The van der Waals surface area contributed by atoms with E-state index in [2.05, 4.69) is 5.32 Å². The summed E-state index contributed by atoms with van der Waals surface area (Å²) in [6.45, 7) is 1.55. The van der Waals surface area contributed by atoms with Crippen LogP contribution >= 0.6 is 0 Å². The molecule has 1 aromatic rings. The van der Waals surface area contributed by atoms with Crippen molar-refractivity contribution in [1.29, 1.82) is 0 Å². The third kappa shape index (κ3) is 2.58. The minimum atomic E-state index is -0.373. The predicted octanol–water partition coefficient (Wildman–Crippen LogP) is 0.606. The molecule has 3 amide bonds. The lowest BCUT2D eigenvalue weighted by Crippen LogP contribution is -2.40. The van der Waals surface area contributed by atoms with Crippen LogP contribution in [0, 0.1) is 0 Å². The first-order valence-electron chi connectivity index (χ1n) is 5.74. The Balaban J connectivity index is 1.89. The molecule has 1 aliphatic rings. The zero-order chi connectivity index (χ0) is 13.1. The number of hydrogen-bond acceptors (Lipinski definition) is 4. The van der Waals surface area contributed by atoms with E-state index in [1.54, 1.807) is 19.1 Å². The largest absolute Gasteiger partial charge is 0.467 e. The number of hydrogen-bond donors (Lipinski definition) is 1. The lowest BCUT2D eigenvalue weighted by molar-refractivity contribution is -0.142. The van der Waals surface area contributed by atoms with Gasteiger partial charge in [-0.05, 0) is 19.1 Å². The maximum atomic E-state index is 11.7. The Kier molecular flexibility index (Phi) is 3.45. The molecule has 1 atom stereocenters. The summed E-state index contributed by atoms with van der Waals surface area (Å²) in [6, 6.07) is 3.18. The van der Waals surface area contributed by atoms with Crippen molar-refractivity contribution in [3.05, 3.63) is 24.2 Å². The summed E-state index contributed by atoms with van der Waals surface area (Å²) >= 11 is 0. The number of likely N-dealkylation sites (tertiary alicyclic amines) is 1. The third-order valence-electron chi connectivity index (χ3n) is 2.80. The number of carbonyl (C=O) groups is 3. The molecule has 2 heterocycles. The molecule has 1 fully saturated rings. The number of amides is 3. The van der Waals surface area contributed by atoms with Gasteiger partial charge < -0.3 is 9.73 Å². The van der Waals surface area contributed by atoms with Gasteiger partial charge in [0.15, 0.2) is 0 Å². The summed E-state index contributed by atoms with van der Waals surface area (Å²) in [6.07, 6.45) is 1.91. The molecule has 1 aliphatic heterocycles. The predicted molar refractivity (Wildman–Crippen MR) is 61.2 cm³/mol. The van der Waals surface area contributed by atoms with Crippen molar-refractivity contribution >= 4 is 17.7 Å². The number of furan rings is 1. The number of nitrogens with zero attached hydrogens (tertiary/aromatic N) is 1. The molecule has 0 radical (unpaired) electrons. The first kappa shape index (κ1) is 12.3. The Bertz CT molecular complexity index is 450. The fourth-order valence-electron chi connectivity index (χ4n) is 1.84. The van der Waals surface area contributed by atoms with E-state index in [9.17, 15) is 14.4 Å². The van der Waals surface area contributed by atoms with Crippen molar-refractivity contribution in [1.82, 2.24) is 10.2 Å². The molecule has 0 aromatic carbocycles. The van der Waals surface area contributed by atoms with E-state index in [1.807, 2.05) is 0 Å². The SMILES string of the molecule is C[C@@H](NC(=O)CN1C(=O)CCC1=O)c1ccco1. The molecule has 1 saturated heterocycles. The van der Waals surface area contributed by atoms with E-state index in [0.717, 1.165) is 4.90 Å². The Hall–Kier alpha value is -2.11. The van der Waals surface area contributed by atoms with Crippen LogP contribution in [0.5, 0.6) is 0 Å². The van der Waals surface area contributed by atoms with Crippen molar-refractivity contribution in [2.24, 2.45) is 0 Å². The number of rotatable bonds is 4. The van der Waals surface area contributed by atoms with Gasteiger partial charge in [0.25, 0.3) is 0 Å². The molecule has 96 valence electrons. The minimum absolute atomic E-state index is 0.194. The summed E-state index contributed by atoms with van der Waals surface area (Å²) in [5.41, 5.74) is 0. The summed E-state index contributed by atoms with van der Waals surface area (Å²) in [4.78, 5) is 35.4. The number of carbonyl (C=O) groups excluding carboxylic acids is 3. The van der Waals surface area contributed by atoms with Gasteiger partial charge in [0.2, 0.25) is 17.7 Å². The Morgan fingerprint density at radius 3 is 2.67 bits per heavy atom. The topological polar surface area (TPSA) is 79.6 Å². The van der Waals surface area contributed by atoms with Gasteiger partial charge in [-0.15, -0.1) is 0 Å². The van der Waals surface area contributed by atoms with Crippen LogP contribution in [0.4, 0.5) is 0 Å². The maximum absolute atomic E-state index is 11.7. The summed E-state index contributed by atoms with van der Waals surface area (Å²) in [5, 5.41) is 2.67. The molecule has 0 unspecified atom stereocenters. The highest BCUT2D eigenvalue weighted by molar-refractivity contribution is 6.04. The van der Waals surface area contributed by atoms with Crippen LogP contribution in [-0.4, -0.2) is 29.2 Å². The fraction of sp³-hybridized carbons (Fsp3) is 0.417. The van der Waals surface area contributed by atoms with Gasteiger partial charge in [-0.25, -0.2) is 0 Å². The first-order valence-corrected chi connectivity index (χ1v) is 5.74. The van der Waals surface area contributed by atoms with Crippen LogP contribution in [0.25, 0.3) is 0 Å². The summed E-state index contributed by atoms with van der Waals surface area (Å²) < 4.78 is 5.15. The van der Waals surface area contributed by atoms with Crippen LogP contribution in [0.15, 0.2) is 22.8 Å². The number of imide groups is 1. The van der Waals surface area contributed by atoms with Gasteiger partial charge in [-0.1, -0.05) is 0 Å². The quantitative estimate of drug-likeness (QED) is 0.794. The van der Waals surface area contributed by atoms with Crippen LogP contribution in [-0.2, 0) is 14.4 Å². The van der Waals surface area contributed by atoms with E-state index >= 15 is 0 Å². The molecular formula is C12H14N2O4. The lowest BCUT2D eigenvalue weighted by Gasteiger charge is -2.16. The monoisotopic (exact) mass is 250 g/mol. The molecule has 0 aliphatic carbocycles. The zero-order valence-corrected chi connectivity index (χ0v) is 10.0. The van der Waals surface area contributed by atoms with Crippen molar-refractivity contribution in [3.8, 4) is 0 Å². The van der Waals surface area contributed by atoms with E-state index in [0.29, 0.717) is 5.76 Å². The van der Waals surface area contributed by atoms with Gasteiger partial charge in [0.05, 0.1) is 12.3 Å². The van der Waals surface area contributed by atoms with Crippen LogP contribution in [0.3, 0.4) is 0 Å². The van der Waals surface area contributed by atoms with Gasteiger partial charge >= 0.3 is 0 Å². The van der Waals surface area contributed by atoms with E-state index in [4.69, 9.17) is 4.42 Å². The second kappa shape index (κ2) is 5.03. The highest BCUT2D eigenvalue weighted by Gasteiger charge is 2.30. The summed E-state index contributed by atoms with van der Waals surface area (Å²) in [7, 11) is 0. The van der Waals surface area contributed by atoms with Gasteiger partial charge in [0, 0.05) is 12.8 Å². The van der Waals surface area contributed by atoms with Crippen molar-refractivity contribution in [3.63, 3.8) is 0 Å². The second-order valence-electron chi connectivity index (χ2n) is 4.18. The summed E-state index contributed by atoms with van der Waals surface area (Å²) in [5.74, 6) is -0.327. The molecule has 0 bridgehead atoms. The van der Waals surface area contributed by atoms with Crippen LogP contribution < -0.4 is 5.32 Å². The standard InChI is InChI=1S/C12H14N2O4/c1-8(9-3-2-6-18-9)13-10(15)7-14-11(16)4-5-12(14)17/h2-3,6,8H,4-5,7H2,1H3,(H,13,15)/t8-/m1/s1. The molecule has 18 heavy (non-hydrogen) atoms. The average molecular weight is 250 g/mol. The maximum Gasteiger partial charge on any atom is 0.240 e. The Labute approximate surface area is 104 Å². The van der Waals surface area contributed by atoms with E-state index in [-0.39, 0.29) is 43.1 Å². The molecule has 6 nitrogen and oxygen atoms in total. The van der Waals surface area contributed by atoms with Gasteiger partial charge in [-0.3, -0.25) is 19.3 Å². The second-order valence-corrected chi connectivity index (χ2v) is 4.18. The van der Waals surface area contributed by atoms with Crippen LogP contribution in [0.1, 0.15) is 31.6 Å². The molecule has 6 heteroatoms. The van der Waals surface area contributed by atoms with Crippen molar-refractivity contribution in [2.45, 2.75) is 25.8 Å². The average Bonchev–Trinajstić information content (AvgIpc) is 2.94. The normalized spacial score (nSPS) is 17.1.